The van der Waals surface area contributed by atoms with Crippen LogP contribution in [0.4, 0.5) is 5.69 Å². The average molecular weight is 356 g/mol. The van der Waals surface area contributed by atoms with Crippen molar-refractivity contribution >= 4 is 31.7 Å². The van der Waals surface area contributed by atoms with Gasteiger partial charge in [-0.15, -0.1) is 0 Å². The van der Waals surface area contributed by atoms with E-state index in [4.69, 9.17) is 9.69 Å². The predicted octanol–water partition coefficient (Wildman–Crippen LogP) is 0.833. The molecule has 4 N–H and O–H groups in total. The maximum absolute atomic E-state index is 12.1. The molecule has 0 radical (unpaired) electrons. The first-order valence-electron chi connectivity index (χ1n) is 6.10. The highest BCUT2D eigenvalue weighted by atomic mass is 32.2. The van der Waals surface area contributed by atoms with Gasteiger partial charge in [0.25, 0.3) is 16.0 Å². The first-order valence-corrected chi connectivity index (χ1v) is 9.08. The van der Waals surface area contributed by atoms with Crippen LogP contribution in [0.2, 0.25) is 0 Å². The van der Waals surface area contributed by atoms with Crippen LogP contribution in [-0.2, 0) is 20.1 Å². The Bertz CT molecular complexity index is 950. The van der Waals surface area contributed by atoms with Crippen LogP contribution >= 0.6 is 0 Å². The van der Waals surface area contributed by atoms with Crippen molar-refractivity contribution in [1.29, 1.82) is 0 Å². The standard InChI is InChI=1S/C13H12N2O6S2/c14-22(17,18)10-7-5-9(6-8-10)15-13(16)11-3-1-2-4-12(11)23(19,20)21/h1-8H,(H,15,16)(H2,14,17,18)(H,19,20,21). The number of carbonyl (C=O) groups is 1. The fourth-order valence-electron chi connectivity index (χ4n) is 1.81. The van der Waals surface area contributed by atoms with Crippen molar-refractivity contribution in [2.24, 2.45) is 5.14 Å². The molecule has 0 aliphatic rings. The predicted molar refractivity (Wildman–Crippen MR) is 82.0 cm³/mol. The van der Waals surface area contributed by atoms with Gasteiger partial charge in [0.15, 0.2) is 0 Å². The number of primary sulfonamides is 1. The largest absolute Gasteiger partial charge is 0.322 e. The van der Waals surface area contributed by atoms with Crippen molar-refractivity contribution in [2.45, 2.75) is 9.79 Å². The summed E-state index contributed by atoms with van der Waals surface area (Å²) in [5, 5.41) is 7.36. The van der Waals surface area contributed by atoms with E-state index >= 15 is 0 Å². The van der Waals surface area contributed by atoms with E-state index in [-0.39, 0.29) is 16.1 Å². The number of amides is 1. The minimum atomic E-state index is -4.55. The molecular weight excluding hydrogens is 344 g/mol. The quantitative estimate of drug-likeness (QED) is 0.692. The number of rotatable bonds is 4. The minimum absolute atomic E-state index is 0.131. The molecule has 0 saturated carbocycles. The lowest BCUT2D eigenvalue weighted by molar-refractivity contribution is 0.102. The van der Waals surface area contributed by atoms with E-state index in [9.17, 15) is 21.6 Å². The Morgan fingerprint density at radius 1 is 0.957 bits per heavy atom. The van der Waals surface area contributed by atoms with Gasteiger partial charge in [-0.1, -0.05) is 12.1 Å². The molecule has 2 aromatic rings. The van der Waals surface area contributed by atoms with E-state index in [0.717, 1.165) is 6.07 Å². The highest BCUT2D eigenvalue weighted by Crippen LogP contribution is 2.18. The van der Waals surface area contributed by atoms with Crippen LogP contribution in [0.15, 0.2) is 58.3 Å². The fourth-order valence-corrected chi connectivity index (χ4v) is 3.01. The third kappa shape index (κ3) is 4.13. The maximum atomic E-state index is 12.1. The zero-order valence-corrected chi connectivity index (χ0v) is 13.1. The highest BCUT2D eigenvalue weighted by molar-refractivity contribution is 7.89. The Labute approximate surface area is 132 Å². The Hall–Kier alpha value is -2.27. The topological polar surface area (TPSA) is 144 Å². The summed E-state index contributed by atoms with van der Waals surface area (Å²) in [6.07, 6.45) is 0. The van der Waals surface area contributed by atoms with Crippen molar-refractivity contribution < 1.29 is 26.2 Å². The summed E-state index contributed by atoms with van der Waals surface area (Å²) in [5.41, 5.74) is -0.0157. The number of anilines is 1. The van der Waals surface area contributed by atoms with Gasteiger partial charge in [0.2, 0.25) is 10.0 Å². The van der Waals surface area contributed by atoms with E-state index in [1.165, 1.54) is 42.5 Å². The summed E-state index contributed by atoms with van der Waals surface area (Å²) in [6, 6.07) is 10.1. The number of hydrogen-bond acceptors (Lipinski definition) is 5. The molecule has 10 heteroatoms. The molecule has 0 aromatic heterocycles. The van der Waals surface area contributed by atoms with Gasteiger partial charge in [-0.2, -0.15) is 8.42 Å². The second-order valence-corrected chi connectivity index (χ2v) is 7.45. The zero-order valence-electron chi connectivity index (χ0n) is 11.5. The van der Waals surface area contributed by atoms with Gasteiger partial charge < -0.3 is 5.32 Å². The van der Waals surface area contributed by atoms with E-state index < -0.39 is 30.9 Å². The lowest BCUT2D eigenvalue weighted by Crippen LogP contribution is -2.16. The van der Waals surface area contributed by atoms with Gasteiger partial charge >= 0.3 is 0 Å². The lowest BCUT2D eigenvalue weighted by atomic mass is 10.2. The van der Waals surface area contributed by atoms with Crippen molar-refractivity contribution in [2.75, 3.05) is 5.32 Å². The molecule has 0 fully saturated rings. The molecule has 0 saturated heterocycles. The van der Waals surface area contributed by atoms with Crippen LogP contribution in [0.1, 0.15) is 10.4 Å². The number of carbonyl (C=O) groups excluding carboxylic acids is 1. The molecule has 1 amide bonds. The molecule has 0 bridgehead atoms. The van der Waals surface area contributed by atoms with Crippen molar-refractivity contribution in [1.82, 2.24) is 0 Å². The Kier molecular flexibility index (Phi) is 4.52. The molecule has 8 nitrogen and oxygen atoms in total. The Morgan fingerprint density at radius 3 is 2.04 bits per heavy atom. The lowest BCUT2D eigenvalue weighted by Gasteiger charge is -2.08. The molecule has 0 atom stereocenters. The number of benzene rings is 2. The van der Waals surface area contributed by atoms with Crippen LogP contribution < -0.4 is 10.5 Å². The molecule has 0 spiro atoms. The van der Waals surface area contributed by atoms with E-state index in [1.54, 1.807) is 0 Å². The molecule has 0 heterocycles. The summed E-state index contributed by atoms with van der Waals surface area (Å²) < 4.78 is 53.9. The average Bonchev–Trinajstić information content (AvgIpc) is 2.46. The number of hydrogen-bond donors (Lipinski definition) is 3. The fraction of sp³-hybridized carbons (Fsp3) is 0. The van der Waals surface area contributed by atoms with Crippen LogP contribution in [0.25, 0.3) is 0 Å². The minimum Gasteiger partial charge on any atom is -0.322 e. The second kappa shape index (κ2) is 6.08. The highest BCUT2D eigenvalue weighted by Gasteiger charge is 2.20. The number of sulfonamides is 1. The van der Waals surface area contributed by atoms with Gasteiger partial charge in [-0.05, 0) is 36.4 Å². The SMILES string of the molecule is NS(=O)(=O)c1ccc(NC(=O)c2ccccc2S(=O)(=O)O)cc1. The van der Waals surface area contributed by atoms with E-state index in [2.05, 4.69) is 5.32 Å². The molecular formula is C13H12N2O6S2. The van der Waals surface area contributed by atoms with Crippen LogP contribution in [0.3, 0.4) is 0 Å². The van der Waals surface area contributed by atoms with Gasteiger partial charge in [0, 0.05) is 5.69 Å². The van der Waals surface area contributed by atoms with Crippen LogP contribution in [0, 0.1) is 0 Å². The van der Waals surface area contributed by atoms with Crippen molar-refractivity contribution in [3.05, 3.63) is 54.1 Å². The van der Waals surface area contributed by atoms with E-state index in [0.29, 0.717) is 0 Å². The van der Waals surface area contributed by atoms with Gasteiger partial charge in [0.1, 0.15) is 4.90 Å². The monoisotopic (exact) mass is 356 g/mol. The van der Waals surface area contributed by atoms with E-state index in [1.807, 2.05) is 0 Å². The van der Waals surface area contributed by atoms with Crippen LogP contribution in [-0.4, -0.2) is 27.3 Å². The summed E-state index contributed by atoms with van der Waals surface area (Å²) in [6.45, 7) is 0. The second-order valence-electron chi connectivity index (χ2n) is 4.49. The van der Waals surface area contributed by atoms with Gasteiger partial charge in [0.05, 0.1) is 10.5 Å². The van der Waals surface area contributed by atoms with Gasteiger partial charge in [-0.25, -0.2) is 13.6 Å². The molecule has 2 aromatic carbocycles. The van der Waals surface area contributed by atoms with Crippen molar-refractivity contribution in [3.8, 4) is 0 Å². The smallest absolute Gasteiger partial charge is 0.295 e. The molecule has 23 heavy (non-hydrogen) atoms. The molecule has 0 aliphatic carbocycles. The van der Waals surface area contributed by atoms with Crippen molar-refractivity contribution in [3.63, 3.8) is 0 Å². The number of nitrogens with two attached hydrogens (primary N) is 1. The Morgan fingerprint density at radius 2 is 1.52 bits per heavy atom. The molecule has 0 unspecified atom stereocenters. The normalized spacial score (nSPS) is 11.9. The van der Waals surface area contributed by atoms with Gasteiger partial charge in [-0.3, -0.25) is 9.35 Å². The third-order valence-electron chi connectivity index (χ3n) is 2.85. The number of nitrogens with one attached hydrogen (secondary N) is 1. The molecule has 2 rings (SSSR count). The summed E-state index contributed by atoms with van der Waals surface area (Å²) in [4.78, 5) is 11.5. The first kappa shape index (κ1) is 17.1. The molecule has 0 aliphatic heterocycles. The Balaban J connectivity index is 2.31. The molecule has 122 valence electrons. The summed E-state index contributed by atoms with van der Waals surface area (Å²) >= 11 is 0. The van der Waals surface area contributed by atoms with Crippen LogP contribution in [0.5, 0.6) is 0 Å². The third-order valence-corrected chi connectivity index (χ3v) is 4.69. The first-order chi connectivity index (χ1) is 10.6. The summed E-state index contributed by atoms with van der Waals surface area (Å²) in [5.74, 6) is -0.776. The zero-order chi connectivity index (χ0) is 17.3. The summed E-state index contributed by atoms with van der Waals surface area (Å²) in [7, 11) is -8.40. The maximum Gasteiger partial charge on any atom is 0.295 e.